The van der Waals surface area contributed by atoms with E-state index in [1.54, 1.807) is 0 Å². The standard InChI is InChI=1S/C16H23NO2/c1-13-4-2-6-15(12-13)16(18)17-9-3-5-14-7-10-19-11-8-14/h2,4,6,12,14H,3,5,7-11H2,1H3,(H,17,18). The fraction of sp³-hybridized carbons (Fsp3) is 0.562. The van der Waals surface area contributed by atoms with E-state index in [1.165, 1.54) is 19.3 Å². The predicted octanol–water partition coefficient (Wildman–Crippen LogP) is 2.93. The molecule has 19 heavy (non-hydrogen) atoms. The summed E-state index contributed by atoms with van der Waals surface area (Å²) >= 11 is 0. The highest BCUT2D eigenvalue weighted by Gasteiger charge is 2.13. The van der Waals surface area contributed by atoms with E-state index in [9.17, 15) is 4.79 Å². The van der Waals surface area contributed by atoms with Crippen molar-refractivity contribution in [3.05, 3.63) is 35.4 Å². The van der Waals surface area contributed by atoms with Gasteiger partial charge < -0.3 is 10.1 Å². The van der Waals surface area contributed by atoms with Gasteiger partial charge in [-0.3, -0.25) is 4.79 Å². The van der Waals surface area contributed by atoms with Gasteiger partial charge in [-0.25, -0.2) is 0 Å². The van der Waals surface area contributed by atoms with Gasteiger partial charge in [0, 0.05) is 25.3 Å². The van der Waals surface area contributed by atoms with E-state index < -0.39 is 0 Å². The van der Waals surface area contributed by atoms with Crippen molar-refractivity contribution in [2.45, 2.75) is 32.6 Å². The average molecular weight is 261 g/mol. The van der Waals surface area contributed by atoms with E-state index in [-0.39, 0.29) is 5.91 Å². The predicted molar refractivity (Wildman–Crippen MR) is 76.3 cm³/mol. The molecule has 1 aromatic carbocycles. The maximum atomic E-state index is 11.9. The summed E-state index contributed by atoms with van der Waals surface area (Å²) in [4.78, 5) is 11.9. The van der Waals surface area contributed by atoms with Crippen molar-refractivity contribution in [1.29, 1.82) is 0 Å². The minimum atomic E-state index is 0.0377. The maximum Gasteiger partial charge on any atom is 0.251 e. The van der Waals surface area contributed by atoms with E-state index in [2.05, 4.69) is 5.32 Å². The average Bonchev–Trinajstić information content (AvgIpc) is 2.44. The van der Waals surface area contributed by atoms with Crippen LogP contribution in [0.5, 0.6) is 0 Å². The first-order valence-electron chi connectivity index (χ1n) is 7.18. The lowest BCUT2D eigenvalue weighted by Gasteiger charge is -2.21. The Morgan fingerprint density at radius 2 is 2.16 bits per heavy atom. The number of hydrogen-bond donors (Lipinski definition) is 1. The lowest BCUT2D eigenvalue weighted by Crippen LogP contribution is -2.25. The van der Waals surface area contributed by atoms with Gasteiger partial charge >= 0.3 is 0 Å². The van der Waals surface area contributed by atoms with Gasteiger partial charge in [-0.05, 0) is 50.7 Å². The summed E-state index contributed by atoms with van der Waals surface area (Å²) in [6.45, 7) is 4.58. The number of ether oxygens (including phenoxy) is 1. The molecule has 3 heteroatoms. The Morgan fingerprint density at radius 3 is 2.89 bits per heavy atom. The Morgan fingerprint density at radius 1 is 1.37 bits per heavy atom. The molecule has 0 aliphatic carbocycles. The second-order valence-corrected chi connectivity index (χ2v) is 5.32. The fourth-order valence-corrected chi connectivity index (χ4v) is 2.52. The first kappa shape index (κ1) is 14.1. The largest absolute Gasteiger partial charge is 0.381 e. The highest BCUT2D eigenvalue weighted by Crippen LogP contribution is 2.19. The van der Waals surface area contributed by atoms with Crippen molar-refractivity contribution in [1.82, 2.24) is 5.32 Å². The Balaban J connectivity index is 1.66. The van der Waals surface area contributed by atoms with Gasteiger partial charge in [0.05, 0.1) is 0 Å². The molecule has 0 aromatic heterocycles. The van der Waals surface area contributed by atoms with Crippen LogP contribution < -0.4 is 5.32 Å². The molecule has 1 aromatic rings. The first-order chi connectivity index (χ1) is 9.25. The van der Waals surface area contributed by atoms with Crippen LogP contribution in [0.4, 0.5) is 0 Å². The Labute approximate surface area is 115 Å². The zero-order valence-electron chi connectivity index (χ0n) is 11.7. The van der Waals surface area contributed by atoms with Crippen LogP contribution in [0.2, 0.25) is 0 Å². The Bertz CT molecular complexity index is 411. The summed E-state index contributed by atoms with van der Waals surface area (Å²) < 4.78 is 5.34. The molecule has 104 valence electrons. The molecule has 1 aliphatic heterocycles. The molecule has 3 nitrogen and oxygen atoms in total. The monoisotopic (exact) mass is 261 g/mol. The van der Waals surface area contributed by atoms with E-state index in [1.807, 2.05) is 31.2 Å². The van der Waals surface area contributed by atoms with Gasteiger partial charge in [-0.1, -0.05) is 17.7 Å². The molecule has 1 fully saturated rings. The summed E-state index contributed by atoms with van der Waals surface area (Å²) in [5, 5.41) is 3.00. The van der Waals surface area contributed by atoms with Gasteiger partial charge in [0.1, 0.15) is 0 Å². The maximum absolute atomic E-state index is 11.9. The minimum Gasteiger partial charge on any atom is -0.381 e. The zero-order chi connectivity index (χ0) is 13.5. The van der Waals surface area contributed by atoms with Crippen molar-refractivity contribution in [2.75, 3.05) is 19.8 Å². The summed E-state index contributed by atoms with van der Waals surface area (Å²) in [5.41, 5.74) is 1.88. The summed E-state index contributed by atoms with van der Waals surface area (Å²) in [6, 6.07) is 7.71. The molecular weight excluding hydrogens is 238 g/mol. The second-order valence-electron chi connectivity index (χ2n) is 5.32. The van der Waals surface area contributed by atoms with Crippen LogP contribution in [0.1, 0.15) is 41.6 Å². The number of rotatable bonds is 5. The number of benzene rings is 1. The molecule has 1 amide bonds. The molecule has 1 heterocycles. The Kier molecular flexibility index (Phi) is 5.40. The number of hydrogen-bond acceptors (Lipinski definition) is 2. The number of aryl methyl sites for hydroxylation is 1. The molecule has 0 bridgehead atoms. The fourth-order valence-electron chi connectivity index (χ4n) is 2.52. The van der Waals surface area contributed by atoms with Gasteiger partial charge in [-0.15, -0.1) is 0 Å². The molecule has 1 N–H and O–H groups in total. The third kappa shape index (κ3) is 4.67. The summed E-state index contributed by atoms with van der Waals surface area (Å²) in [7, 11) is 0. The number of carbonyl (C=O) groups is 1. The van der Waals surface area contributed by atoms with Crippen molar-refractivity contribution in [3.63, 3.8) is 0 Å². The molecule has 0 saturated carbocycles. The number of amides is 1. The molecule has 0 radical (unpaired) electrons. The topological polar surface area (TPSA) is 38.3 Å². The Hall–Kier alpha value is -1.35. The normalized spacial score (nSPS) is 16.3. The van der Waals surface area contributed by atoms with Crippen LogP contribution in [0.15, 0.2) is 24.3 Å². The van der Waals surface area contributed by atoms with Crippen LogP contribution in [-0.4, -0.2) is 25.7 Å². The molecule has 2 rings (SSSR count). The van der Waals surface area contributed by atoms with Crippen LogP contribution in [-0.2, 0) is 4.74 Å². The number of carbonyl (C=O) groups excluding carboxylic acids is 1. The van der Waals surface area contributed by atoms with E-state index in [0.29, 0.717) is 0 Å². The van der Waals surface area contributed by atoms with Crippen LogP contribution in [0, 0.1) is 12.8 Å². The summed E-state index contributed by atoms with van der Waals surface area (Å²) in [6.07, 6.45) is 4.59. The molecule has 1 saturated heterocycles. The van der Waals surface area contributed by atoms with Crippen molar-refractivity contribution in [2.24, 2.45) is 5.92 Å². The highest BCUT2D eigenvalue weighted by molar-refractivity contribution is 5.94. The smallest absolute Gasteiger partial charge is 0.251 e. The zero-order valence-corrected chi connectivity index (χ0v) is 11.7. The molecule has 0 unspecified atom stereocenters. The number of nitrogens with one attached hydrogen (secondary N) is 1. The van der Waals surface area contributed by atoms with E-state index in [0.717, 1.165) is 43.2 Å². The van der Waals surface area contributed by atoms with Gasteiger partial charge in [0.2, 0.25) is 0 Å². The second kappa shape index (κ2) is 7.29. The summed E-state index contributed by atoms with van der Waals surface area (Å²) in [5.74, 6) is 0.820. The van der Waals surface area contributed by atoms with Crippen LogP contribution in [0.3, 0.4) is 0 Å². The third-order valence-corrected chi connectivity index (χ3v) is 3.70. The third-order valence-electron chi connectivity index (χ3n) is 3.70. The van der Waals surface area contributed by atoms with E-state index >= 15 is 0 Å². The minimum absolute atomic E-state index is 0.0377. The SMILES string of the molecule is Cc1cccc(C(=O)NCCCC2CCOCC2)c1. The quantitative estimate of drug-likeness (QED) is 0.828. The van der Waals surface area contributed by atoms with Crippen LogP contribution >= 0.6 is 0 Å². The van der Waals surface area contributed by atoms with Gasteiger partial charge in [-0.2, -0.15) is 0 Å². The molecule has 0 atom stereocenters. The highest BCUT2D eigenvalue weighted by atomic mass is 16.5. The van der Waals surface area contributed by atoms with Crippen LogP contribution in [0.25, 0.3) is 0 Å². The lowest BCUT2D eigenvalue weighted by atomic mass is 9.95. The van der Waals surface area contributed by atoms with Crippen molar-refractivity contribution in [3.8, 4) is 0 Å². The lowest BCUT2D eigenvalue weighted by molar-refractivity contribution is 0.0631. The first-order valence-corrected chi connectivity index (χ1v) is 7.18. The molecule has 0 spiro atoms. The van der Waals surface area contributed by atoms with E-state index in [4.69, 9.17) is 4.74 Å². The van der Waals surface area contributed by atoms with Crippen molar-refractivity contribution >= 4 is 5.91 Å². The van der Waals surface area contributed by atoms with Gasteiger partial charge in [0.25, 0.3) is 5.91 Å². The van der Waals surface area contributed by atoms with Gasteiger partial charge in [0.15, 0.2) is 0 Å². The van der Waals surface area contributed by atoms with Crippen molar-refractivity contribution < 1.29 is 9.53 Å². The molecule has 1 aliphatic rings. The molecular formula is C16H23NO2.